The number of hydrogen-bond acceptors (Lipinski definition) is 19. The van der Waals surface area contributed by atoms with Gasteiger partial charge in [-0.2, -0.15) is 8.42 Å². The Balaban J connectivity index is 1.01. The van der Waals surface area contributed by atoms with E-state index in [4.69, 9.17) is 33.0 Å². The number of aryl methyl sites for hydroxylation is 1. The van der Waals surface area contributed by atoms with E-state index in [1.807, 2.05) is 29.0 Å². The number of aromatic nitrogens is 3. The van der Waals surface area contributed by atoms with Crippen LogP contribution in [0.4, 0.5) is 16.3 Å². The first kappa shape index (κ1) is 51.5. The van der Waals surface area contributed by atoms with Crippen molar-refractivity contribution >= 4 is 62.6 Å². The lowest BCUT2D eigenvalue weighted by Crippen LogP contribution is -2.61. The van der Waals surface area contributed by atoms with Crippen molar-refractivity contribution in [1.82, 2.24) is 19.9 Å². The summed E-state index contributed by atoms with van der Waals surface area (Å²) in [6.45, 7) is 0.691. The number of carboxylic acid groups (broad SMARTS) is 1. The van der Waals surface area contributed by atoms with E-state index >= 15 is 0 Å². The fourth-order valence-electron chi connectivity index (χ4n) is 8.58. The quantitative estimate of drug-likeness (QED) is 0.0409. The number of amides is 2. The Hall–Kier alpha value is -6.32. The van der Waals surface area contributed by atoms with Crippen LogP contribution in [0.3, 0.4) is 0 Å². The Morgan fingerprint density at radius 3 is 2.50 bits per heavy atom. The molecule has 1 saturated heterocycles. The summed E-state index contributed by atoms with van der Waals surface area (Å²) in [6.07, 6.45) is -6.26. The van der Waals surface area contributed by atoms with Crippen LogP contribution in [-0.4, -0.2) is 136 Å². The summed E-state index contributed by atoms with van der Waals surface area (Å²) in [7, 11) is -4.36. The molecule has 25 heteroatoms. The van der Waals surface area contributed by atoms with Crippen molar-refractivity contribution in [1.29, 1.82) is 0 Å². The molecule has 2 fully saturated rings. The number of carboxylic acids is 1. The van der Waals surface area contributed by atoms with E-state index < -0.39 is 90.2 Å². The number of hydrogen-bond donors (Lipinski definition) is 8. The van der Waals surface area contributed by atoms with Crippen LogP contribution in [-0.2, 0) is 65.6 Å². The van der Waals surface area contributed by atoms with Gasteiger partial charge >= 0.3 is 22.4 Å². The molecule has 2 amide bonds. The number of rotatable bonds is 22. The van der Waals surface area contributed by atoms with E-state index in [1.165, 1.54) is 42.6 Å². The minimum absolute atomic E-state index is 0.0237. The van der Waals surface area contributed by atoms with Gasteiger partial charge in [0.2, 0.25) is 18.1 Å². The minimum Gasteiger partial charge on any atom is -0.479 e. The predicted octanol–water partition coefficient (Wildman–Crippen LogP) is 1.53. The van der Waals surface area contributed by atoms with Crippen molar-refractivity contribution in [2.75, 3.05) is 37.0 Å². The fraction of sp³-hybridized carbons (Fsp3) is 0.489. The van der Waals surface area contributed by atoms with E-state index in [-0.39, 0.29) is 80.3 Å². The Morgan fingerprint density at radius 1 is 0.943 bits per heavy atom. The molecule has 2 aliphatic carbocycles. The molecular formula is C45H55N7O17S. The largest absolute Gasteiger partial charge is 0.508 e. The average molecular weight is 998 g/mol. The minimum atomic E-state index is -4.36. The van der Waals surface area contributed by atoms with Gasteiger partial charge in [-0.05, 0) is 61.1 Å². The number of nitrogens with one attached hydrogen (secondary N) is 3. The van der Waals surface area contributed by atoms with Gasteiger partial charge in [-0.15, -0.1) is 0 Å². The van der Waals surface area contributed by atoms with Gasteiger partial charge in [-0.3, -0.25) is 18.6 Å². The van der Waals surface area contributed by atoms with Crippen LogP contribution in [0.15, 0.2) is 61.1 Å². The van der Waals surface area contributed by atoms with E-state index in [1.54, 1.807) is 0 Å². The number of carbonyl (C=O) groups excluding carboxylic acids is 4. The Bertz CT molecular complexity index is 2650. The van der Waals surface area contributed by atoms with Crippen LogP contribution in [0.5, 0.6) is 5.75 Å². The van der Waals surface area contributed by atoms with Crippen LogP contribution in [0, 0.1) is 5.92 Å². The fourth-order valence-corrected chi connectivity index (χ4v) is 8.95. The molecule has 9 atom stereocenters. The van der Waals surface area contributed by atoms with Crippen LogP contribution in [0.25, 0.3) is 11.0 Å². The first-order valence-electron chi connectivity index (χ1n) is 22.5. The number of benzene rings is 2. The number of nitrogens with zero attached hydrogens (tertiary/aromatic N) is 3. The van der Waals surface area contributed by atoms with Gasteiger partial charge < -0.3 is 64.6 Å². The number of ketones is 1. The molecule has 4 aromatic rings. The lowest BCUT2D eigenvalue weighted by Gasteiger charge is -2.38. The highest BCUT2D eigenvalue weighted by Crippen LogP contribution is 2.41. The zero-order valence-corrected chi connectivity index (χ0v) is 38.7. The van der Waals surface area contributed by atoms with E-state index in [0.29, 0.717) is 17.9 Å². The van der Waals surface area contributed by atoms with Gasteiger partial charge in [-0.25, -0.2) is 24.7 Å². The number of Topliss-reactive ketones (excluding diaryl/α,β-unsaturated/α-hetero) is 1. The van der Waals surface area contributed by atoms with E-state index in [0.717, 1.165) is 18.2 Å². The standard InChI is InChI=1S/C45H55N7O17S/c1-24(53)12-16-64-17-13-35(54)47-14-10-36(55)50-32-18-25(6-9-33(32)67-44-39(58)37(56)38(57)40(69-44)43(59)60)21-65-45(61)68-34-20-28(19-27(34)22-66-70(46,62)63)52-15-11-30-41(48-23-49-42(30)52)51-31-8-7-26-4-2-3-5-29(26)31/h2-6,9,11,15,18,23,27-28,31,34,37-40,44,56-58H,7-8,10,12-14,16-17,19-22H2,1H3,(H,47,54)(H,50,55)(H,59,60)(H2,46,62,63)(H,48,49,51)/t27-,28+,31-,34+,37-,38-,39+,40-,44+/m0/s1. The number of anilines is 2. The highest BCUT2D eigenvalue weighted by molar-refractivity contribution is 7.84. The molecule has 9 N–H and O–H groups in total. The van der Waals surface area contributed by atoms with Gasteiger partial charge in [-0.1, -0.05) is 30.3 Å². The molecule has 378 valence electrons. The predicted molar refractivity (Wildman–Crippen MR) is 243 cm³/mol. The topological polar surface area (TPSA) is 349 Å². The molecule has 2 aromatic heterocycles. The van der Waals surface area contributed by atoms with Gasteiger partial charge in [0.25, 0.3) is 0 Å². The summed E-state index contributed by atoms with van der Waals surface area (Å²) in [6, 6.07) is 13.8. The van der Waals surface area contributed by atoms with Gasteiger partial charge in [0.1, 0.15) is 60.3 Å². The molecule has 0 unspecified atom stereocenters. The highest BCUT2D eigenvalue weighted by Gasteiger charge is 2.48. The third-order valence-corrected chi connectivity index (χ3v) is 12.6. The summed E-state index contributed by atoms with van der Waals surface area (Å²) in [4.78, 5) is 70.6. The molecule has 1 aliphatic heterocycles. The molecular weight excluding hydrogens is 943 g/mol. The first-order valence-corrected chi connectivity index (χ1v) is 23.9. The number of ether oxygens (including phenoxy) is 5. The summed E-state index contributed by atoms with van der Waals surface area (Å²) in [5.41, 5.74) is 3.24. The second kappa shape index (κ2) is 23.1. The van der Waals surface area contributed by atoms with Crippen LogP contribution >= 0.6 is 0 Å². The third kappa shape index (κ3) is 13.3. The normalized spacial score (nSPS) is 24.1. The summed E-state index contributed by atoms with van der Waals surface area (Å²) >= 11 is 0. The van der Waals surface area contributed by atoms with Crippen LogP contribution < -0.4 is 25.8 Å². The molecule has 3 heterocycles. The number of carbonyl (C=O) groups is 5. The molecule has 7 rings (SSSR count). The number of nitrogens with two attached hydrogens (primary N) is 1. The summed E-state index contributed by atoms with van der Waals surface area (Å²) in [5.74, 6) is -2.99. The van der Waals surface area contributed by atoms with Crippen LogP contribution in [0.2, 0.25) is 0 Å². The summed E-state index contributed by atoms with van der Waals surface area (Å²) < 4.78 is 58.0. The van der Waals surface area contributed by atoms with Gasteiger partial charge in [0, 0.05) is 50.4 Å². The van der Waals surface area contributed by atoms with E-state index in [2.05, 4.69) is 38.1 Å². The maximum atomic E-state index is 13.3. The van der Waals surface area contributed by atoms with Crippen molar-refractivity contribution in [3.8, 4) is 5.75 Å². The van der Waals surface area contributed by atoms with Crippen molar-refractivity contribution in [3.63, 3.8) is 0 Å². The molecule has 24 nitrogen and oxygen atoms in total. The molecule has 0 radical (unpaired) electrons. The Labute approximate surface area is 401 Å². The smallest absolute Gasteiger partial charge is 0.479 e. The number of aliphatic hydroxyl groups excluding tert-OH is 3. The Morgan fingerprint density at radius 2 is 1.73 bits per heavy atom. The van der Waals surface area contributed by atoms with Gasteiger partial charge in [0.15, 0.2) is 6.10 Å². The zero-order valence-electron chi connectivity index (χ0n) is 37.9. The lowest BCUT2D eigenvalue weighted by atomic mass is 9.99. The second-order valence-electron chi connectivity index (χ2n) is 17.1. The maximum Gasteiger partial charge on any atom is 0.508 e. The van der Waals surface area contributed by atoms with Crippen molar-refractivity contribution in [2.45, 2.75) is 107 Å². The molecule has 1 saturated carbocycles. The van der Waals surface area contributed by atoms with Crippen LogP contribution in [0.1, 0.15) is 74.2 Å². The monoisotopic (exact) mass is 997 g/mol. The molecule has 0 bridgehead atoms. The SMILES string of the molecule is CC(=O)CCOCCC(=O)NCCC(=O)Nc1cc(COC(=O)O[C@@H]2C[C@H](n3ccc4c(N[C@H]5CCc6ccccc65)ncnc43)C[C@H]2COS(N)(=O)=O)ccc1O[C@@H]1O[C@H](C(=O)O)[C@@H](O)[C@H](O)[C@H]1O. The average Bonchev–Trinajstić information content (AvgIpc) is 4.05. The maximum absolute atomic E-state index is 13.3. The zero-order chi connectivity index (χ0) is 50.1. The van der Waals surface area contributed by atoms with Crippen molar-refractivity contribution in [2.24, 2.45) is 11.1 Å². The molecule has 70 heavy (non-hydrogen) atoms. The molecule has 3 aliphatic rings. The summed E-state index contributed by atoms with van der Waals surface area (Å²) in [5, 5.41) is 55.3. The number of aliphatic hydroxyl groups is 3. The lowest BCUT2D eigenvalue weighted by molar-refractivity contribution is -0.271. The Kier molecular flexibility index (Phi) is 17.0. The van der Waals surface area contributed by atoms with E-state index in [9.17, 15) is 52.8 Å². The van der Waals surface area contributed by atoms with Crippen molar-refractivity contribution < 1.29 is 80.7 Å². The highest BCUT2D eigenvalue weighted by atomic mass is 32.2. The van der Waals surface area contributed by atoms with Crippen molar-refractivity contribution in [3.05, 3.63) is 77.7 Å². The molecule has 0 spiro atoms. The third-order valence-electron chi connectivity index (χ3n) is 12.1. The number of aliphatic carboxylic acids is 1. The number of fused-ring (bicyclic) bond motifs is 2. The molecule has 2 aromatic carbocycles. The van der Waals surface area contributed by atoms with Gasteiger partial charge in [0.05, 0.1) is 36.9 Å². The first-order chi connectivity index (χ1) is 33.4. The second-order valence-corrected chi connectivity index (χ2v) is 18.3.